The molecule has 2 aliphatic rings. The number of primary amides is 1. The van der Waals surface area contributed by atoms with Crippen LogP contribution in [0.25, 0.3) is 10.8 Å². The van der Waals surface area contributed by atoms with Crippen molar-refractivity contribution in [1.82, 2.24) is 0 Å². The fraction of sp³-hybridized carbons (Fsp3) is 0.318. The zero-order valence-corrected chi connectivity index (χ0v) is 17.5. The minimum atomic E-state index is -1.81. The first kappa shape index (κ1) is 21.6. The van der Waals surface area contributed by atoms with Gasteiger partial charge in [-0.15, -0.1) is 0 Å². The Hall–Kier alpha value is -3.63. The van der Waals surface area contributed by atoms with Gasteiger partial charge in [-0.1, -0.05) is 12.1 Å². The van der Waals surface area contributed by atoms with Crippen LogP contribution in [0.5, 0.6) is 11.5 Å². The van der Waals surface area contributed by atoms with Crippen LogP contribution in [0.3, 0.4) is 0 Å². The minimum absolute atomic E-state index is 0.0789. The summed E-state index contributed by atoms with van der Waals surface area (Å²) in [7, 11) is 3.27. The quantitative estimate of drug-likeness (QED) is 0.263. The number of Topliss-reactive ketones (excluding diaryl/α,β-unsaturated/α-hetero) is 1. The van der Waals surface area contributed by atoms with E-state index in [1.807, 2.05) is 0 Å². The summed E-state index contributed by atoms with van der Waals surface area (Å²) in [5, 5.41) is 43.2. The second-order valence-electron chi connectivity index (χ2n) is 8.35. The number of carbonyl (C=O) groups excluding carboxylic acids is 3. The van der Waals surface area contributed by atoms with Crippen LogP contribution in [-0.2, 0) is 14.3 Å². The van der Waals surface area contributed by atoms with E-state index in [0.717, 1.165) is 0 Å². The molecule has 0 spiro atoms. The maximum atomic E-state index is 12.8. The number of phenolic OH excluding ortho intramolecular Hbond substituents is 2. The van der Waals surface area contributed by atoms with Gasteiger partial charge in [0, 0.05) is 5.56 Å². The number of aliphatic hydroxyl groups is 2. The molecule has 0 aromatic heterocycles. The van der Waals surface area contributed by atoms with E-state index < -0.39 is 58.9 Å². The molecule has 10 heteroatoms. The van der Waals surface area contributed by atoms with Crippen LogP contribution in [0, 0.1) is 12.8 Å². The topological polar surface area (TPSA) is 172 Å². The highest BCUT2D eigenvalue weighted by Crippen LogP contribution is 2.50. The van der Waals surface area contributed by atoms with Crippen LogP contribution >= 0.6 is 0 Å². The zero-order chi connectivity index (χ0) is 23.6. The molecule has 4 atom stereocenters. The van der Waals surface area contributed by atoms with Crippen molar-refractivity contribution in [2.24, 2.45) is 11.7 Å². The molecule has 0 unspecified atom stereocenters. The van der Waals surface area contributed by atoms with Crippen LogP contribution in [0.15, 0.2) is 29.5 Å². The van der Waals surface area contributed by atoms with Crippen molar-refractivity contribution in [3.8, 4) is 11.5 Å². The van der Waals surface area contributed by atoms with Crippen LogP contribution in [-0.4, -0.2) is 64.3 Å². The number of quaternary nitrogens is 1. The van der Waals surface area contributed by atoms with Gasteiger partial charge >= 0.3 is 5.97 Å². The molecule has 10 nitrogen and oxygen atoms in total. The molecule has 7 N–H and O–H groups in total. The number of benzene rings is 2. The maximum absolute atomic E-state index is 12.8. The van der Waals surface area contributed by atoms with Crippen LogP contribution in [0.2, 0.25) is 0 Å². The number of hydrogen-bond donors (Lipinski definition) is 6. The number of amides is 1. The zero-order valence-electron chi connectivity index (χ0n) is 17.5. The largest absolute Gasteiger partial charge is 0.507 e. The molecule has 1 heterocycles. The Labute approximate surface area is 182 Å². The van der Waals surface area contributed by atoms with Crippen LogP contribution < -0.4 is 10.6 Å². The van der Waals surface area contributed by atoms with Crippen molar-refractivity contribution in [2.45, 2.75) is 25.2 Å². The summed E-state index contributed by atoms with van der Waals surface area (Å²) >= 11 is 0. The number of nitrogens with one attached hydrogen (secondary N) is 1. The first-order chi connectivity index (χ1) is 15.0. The summed E-state index contributed by atoms with van der Waals surface area (Å²) in [5.74, 6) is -5.60. The number of rotatable bonds is 3. The Kier molecular flexibility index (Phi) is 4.87. The second-order valence-corrected chi connectivity index (χ2v) is 8.35. The molecule has 1 amide bonds. The summed E-state index contributed by atoms with van der Waals surface area (Å²) < 4.78 is 5.53. The van der Waals surface area contributed by atoms with Crippen molar-refractivity contribution in [3.63, 3.8) is 0 Å². The van der Waals surface area contributed by atoms with E-state index >= 15 is 0 Å². The van der Waals surface area contributed by atoms with Gasteiger partial charge in [-0.05, 0) is 23.9 Å². The molecular formula is C22H23N2O8+. The van der Waals surface area contributed by atoms with E-state index in [4.69, 9.17) is 10.5 Å². The SMILES string of the molecule is Cc1c2c(c(O)c3c(O)cccc13)C(=O)O[C@@H]2[C@@H]1[C@H]([NH+](C)C)C(O)=C(C(N)=O)C(=O)[C@@H]1O. The van der Waals surface area contributed by atoms with Crippen molar-refractivity contribution in [2.75, 3.05) is 14.1 Å². The maximum Gasteiger partial charge on any atom is 0.343 e. The first-order valence-electron chi connectivity index (χ1n) is 9.92. The smallest absolute Gasteiger partial charge is 0.343 e. The van der Waals surface area contributed by atoms with Gasteiger partial charge < -0.3 is 35.8 Å². The molecule has 2 aromatic carbocycles. The van der Waals surface area contributed by atoms with Crippen molar-refractivity contribution in [3.05, 3.63) is 46.2 Å². The van der Waals surface area contributed by atoms with E-state index in [0.29, 0.717) is 15.8 Å². The highest BCUT2D eigenvalue weighted by atomic mass is 16.6. The normalized spacial score (nSPS) is 25.4. The highest BCUT2D eigenvalue weighted by molar-refractivity contribution is 6.21. The molecule has 0 bridgehead atoms. The second kappa shape index (κ2) is 7.21. The number of likely N-dealkylation sites (N-methyl/N-ethyl adjacent to an activating group) is 1. The number of nitrogens with two attached hydrogens (primary N) is 1. The van der Waals surface area contributed by atoms with E-state index in [1.54, 1.807) is 33.2 Å². The number of hydrogen-bond acceptors (Lipinski definition) is 8. The van der Waals surface area contributed by atoms with E-state index in [2.05, 4.69) is 0 Å². The van der Waals surface area contributed by atoms with Gasteiger partial charge in [-0.2, -0.15) is 0 Å². The van der Waals surface area contributed by atoms with Gasteiger partial charge in [0.2, 0.25) is 5.78 Å². The molecule has 168 valence electrons. The lowest BCUT2D eigenvalue weighted by Crippen LogP contribution is -3.12. The number of carbonyl (C=O) groups is 3. The third kappa shape index (κ3) is 2.76. The minimum Gasteiger partial charge on any atom is -0.507 e. The monoisotopic (exact) mass is 443 g/mol. The summed E-state index contributed by atoms with van der Waals surface area (Å²) in [6.45, 7) is 1.66. The number of esters is 1. The molecule has 32 heavy (non-hydrogen) atoms. The third-order valence-corrected chi connectivity index (χ3v) is 6.35. The number of ketones is 1. The van der Waals surface area contributed by atoms with Gasteiger partial charge in [0.05, 0.1) is 25.4 Å². The number of phenols is 2. The fourth-order valence-electron chi connectivity index (χ4n) is 4.97. The van der Waals surface area contributed by atoms with E-state index in [9.17, 15) is 34.8 Å². The summed E-state index contributed by atoms with van der Waals surface area (Å²) in [4.78, 5) is 37.8. The summed E-state index contributed by atoms with van der Waals surface area (Å²) in [6.07, 6.45) is -3.02. The predicted molar refractivity (Wildman–Crippen MR) is 110 cm³/mol. The van der Waals surface area contributed by atoms with Crippen LogP contribution in [0.4, 0.5) is 0 Å². The van der Waals surface area contributed by atoms with Gasteiger partial charge in [-0.3, -0.25) is 9.59 Å². The number of aliphatic hydroxyl groups excluding tert-OH is 2. The summed E-state index contributed by atoms with van der Waals surface area (Å²) in [6, 6.07) is 3.57. The van der Waals surface area contributed by atoms with Crippen molar-refractivity contribution >= 4 is 28.4 Å². The lowest BCUT2D eigenvalue weighted by atomic mass is 9.74. The lowest BCUT2D eigenvalue weighted by Gasteiger charge is -2.38. The standard InChI is InChI=1S/C22H22N2O8/c1-7-8-5-4-6-9(25)11(8)16(26)12-10(7)20(32-22(12)31)13-15(24(2)3)17(27)14(21(23)30)19(29)18(13)28/h4-6,13,15,18,20,25-28H,1-3H3,(H2,23,30)/p+1/t13-,15+,18-,20+/m1/s1. The summed E-state index contributed by atoms with van der Waals surface area (Å²) in [5.41, 5.74) is 5.12. The average Bonchev–Trinajstić information content (AvgIpc) is 3.05. The van der Waals surface area contributed by atoms with Crippen molar-refractivity contribution < 1.29 is 44.4 Å². The van der Waals surface area contributed by atoms with E-state index in [-0.39, 0.29) is 22.3 Å². The molecular weight excluding hydrogens is 420 g/mol. The Bertz CT molecular complexity index is 1230. The number of aryl methyl sites for hydroxylation is 1. The molecule has 0 saturated heterocycles. The number of cyclic esters (lactones) is 1. The molecule has 4 rings (SSSR count). The molecule has 1 aliphatic carbocycles. The van der Waals surface area contributed by atoms with Gasteiger partial charge in [0.15, 0.2) is 11.8 Å². The number of ether oxygens (including phenoxy) is 1. The molecule has 1 aliphatic heterocycles. The fourth-order valence-corrected chi connectivity index (χ4v) is 4.97. The molecule has 0 saturated carbocycles. The first-order valence-corrected chi connectivity index (χ1v) is 9.92. The number of aromatic hydroxyl groups is 2. The van der Waals surface area contributed by atoms with Gasteiger partial charge in [0.25, 0.3) is 5.91 Å². The average molecular weight is 443 g/mol. The van der Waals surface area contributed by atoms with Crippen molar-refractivity contribution in [1.29, 1.82) is 0 Å². The number of fused-ring (bicyclic) bond motifs is 2. The van der Waals surface area contributed by atoms with Gasteiger partial charge in [-0.25, -0.2) is 4.79 Å². The Morgan fingerprint density at radius 2 is 1.81 bits per heavy atom. The Morgan fingerprint density at radius 3 is 2.41 bits per heavy atom. The Morgan fingerprint density at radius 1 is 1.16 bits per heavy atom. The third-order valence-electron chi connectivity index (χ3n) is 6.35. The molecule has 0 fully saturated rings. The lowest BCUT2D eigenvalue weighted by molar-refractivity contribution is -0.887. The molecule has 0 radical (unpaired) electrons. The van der Waals surface area contributed by atoms with E-state index in [1.165, 1.54) is 6.07 Å². The van der Waals surface area contributed by atoms with Gasteiger partial charge in [0.1, 0.15) is 34.8 Å². The Balaban J connectivity index is 1.99. The highest BCUT2D eigenvalue weighted by Gasteiger charge is 2.56. The molecule has 2 aromatic rings. The van der Waals surface area contributed by atoms with Crippen LogP contribution in [0.1, 0.15) is 27.6 Å². The predicted octanol–water partition coefficient (Wildman–Crippen LogP) is -0.859.